The van der Waals surface area contributed by atoms with Crippen molar-refractivity contribution in [2.45, 2.75) is 6.54 Å². The molecule has 0 radical (unpaired) electrons. The van der Waals surface area contributed by atoms with Crippen LogP contribution < -0.4 is 16.2 Å². The lowest BCUT2D eigenvalue weighted by Gasteiger charge is -2.19. The lowest BCUT2D eigenvalue weighted by Crippen LogP contribution is -2.31. The summed E-state index contributed by atoms with van der Waals surface area (Å²) in [4.78, 5) is 17.6. The molecule has 0 saturated carbocycles. The van der Waals surface area contributed by atoms with E-state index in [1.54, 1.807) is 24.3 Å². The normalized spacial score (nSPS) is 10.1. The van der Waals surface area contributed by atoms with Crippen molar-refractivity contribution in [3.05, 3.63) is 53.9 Å². The van der Waals surface area contributed by atoms with E-state index in [0.717, 1.165) is 11.4 Å². The average Bonchev–Trinajstić information content (AvgIpc) is 2.47. The van der Waals surface area contributed by atoms with Gasteiger partial charge in [0.15, 0.2) is 0 Å². The van der Waals surface area contributed by atoms with E-state index in [1.165, 1.54) is 0 Å². The van der Waals surface area contributed by atoms with Crippen molar-refractivity contribution in [1.82, 2.24) is 10.4 Å². The number of carbonyl (C=O) groups is 1. The molecular formula is C14H16N4O2. The zero-order chi connectivity index (χ0) is 14.5. The molecule has 0 unspecified atom stereocenters. The number of hydrogen-bond donors (Lipinski definition) is 3. The number of pyridine rings is 1. The van der Waals surface area contributed by atoms with Crippen LogP contribution in [0.15, 0.2) is 42.5 Å². The lowest BCUT2D eigenvalue weighted by atomic mass is 10.2. The number of carbonyl (C=O) groups excluding carboxylic acids is 1. The fourth-order valence-electron chi connectivity index (χ4n) is 1.81. The van der Waals surface area contributed by atoms with Crippen molar-refractivity contribution in [2.24, 2.45) is 5.84 Å². The van der Waals surface area contributed by atoms with Crippen LogP contribution in [0.1, 0.15) is 16.2 Å². The summed E-state index contributed by atoms with van der Waals surface area (Å²) in [6.07, 6.45) is 0. The average molecular weight is 272 g/mol. The summed E-state index contributed by atoms with van der Waals surface area (Å²) in [5, 5.41) is 9.27. The van der Waals surface area contributed by atoms with Gasteiger partial charge in [-0.05, 0) is 36.4 Å². The Morgan fingerprint density at radius 2 is 2.00 bits per heavy atom. The first-order valence-corrected chi connectivity index (χ1v) is 6.07. The number of aromatic nitrogens is 1. The molecule has 0 atom stereocenters. The van der Waals surface area contributed by atoms with Gasteiger partial charge in [-0.2, -0.15) is 0 Å². The number of nitrogens with zero attached hydrogens (tertiary/aromatic N) is 2. The predicted octanol–water partition coefficient (Wildman–Crippen LogP) is 1.03. The van der Waals surface area contributed by atoms with Crippen LogP contribution >= 0.6 is 0 Å². The van der Waals surface area contributed by atoms with Gasteiger partial charge in [0.1, 0.15) is 11.4 Å². The Hall–Kier alpha value is -2.60. The van der Waals surface area contributed by atoms with Crippen LogP contribution in [0.4, 0.5) is 5.69 Å². The predicted molar refractivity (Wildman–Crippen MR) is 76.1 cm³/mol. The molecule has 1 amide bonds. The molecule has 0 fully saturated rings. The van der Waals surface area contributed by atoms with E-state index in [0.29, 0.717) is 6.54 Å². The van der Waals surface area contributed by atoms with Crippen LogP contribution in [0.25, 0.3) is 0 Å². The first-order valence-electron chi connectivity index (χ1n) is 6.07. The highest BCUT2D eigenvalue weighted by Crippen LogP contribution is 2.18. The minimum Gasteiger partial charge on any atom is -0.508 e. The molecule has 1 aromatic carbocycles. The standard InChI is InChI=1S/C14H16N4O2/c1-18(11-5-7-12(19)8-6-11)9-10-3-2-4-13(16-10)14(20)17-15/h2-8,19H,9,15H2,1H3,(H,17,20). The minimum absolute atomic E-state index is 0.224. The SMILES string of the molecule is CN(Cc1cccc(C(=O)NN)n1)c1ccc(O)cc1. The molecule has 6 heteroatoms. The van der Waals surface area contributed by atoms with Crippen LogP contribution in [-0.4, -0.2) is 23.0 Å². The molecule has 0 aliphatic carbocycles. The zero-order valence-electron chi connectivity index (χ0n) is 11.1. The number of amides is 1. The number of benzene rings is 1. The summed E-state index contributed by atoms with van der Waals surface area (Å²) in [5.74, 6) is 4.89. The van der Waals surface area contributed by atoms with Gasteiger partial charge in [0, 0.05) is 12.7 Å². The van der Waals surface area contributed by atoms with Gasteiger partial charge in [0.05, 0.1) is 12.2 Å². The molecule has 4 N–H and O–H groups in total. The van der Waals surface area contributed by atoms with Crippen LogP contribution in [0.2, 0.25) is 0 Å². The largest absolute Gasteiger partial charge is 0.508 e. The van der Waals surface area contributed by atoms with Gasteiger partial charge in [0.2, 0.25) is 0 Å². The second kappa shape index (κ2) is 6.03. The van der Waals surface area contributed by atoms with Crippen molar-refractivity contribution in [1.29, 1.82) is 0 Å². The third kappa shape index (κ3) is 3.24. The first kappa shape index (κ1) is 13.8. The highest BCUT2D eigenvalue weighted by atomic mass is 16.3. The molecule has 2 rings (SSSR count). The second-order valence-electron chi connectivity index (χ2n) is 4.36. The van der Waals surface area contributed by atoms with E-state index in [1.807, 2.05) is 30.1 Å². The van der Waals surface area contributed by atoms with Gasteiger partial charge < -0.3 is 10.0 Å². The Morgan fingerprint density at radius 1 is 1.30 bits per heavy atom. The quantitative estimate of drug-likeness (QED) is 0.439. The maximum Gasteiger partial charge on any atom is 0.283 e. The number of hydrazine groups is 1. The Labute approximate surface area is 116 Å². The number of anilines is 1. The number of nitrogens with two attached hydrogens (primary N) is 1. The summed E-state index contributed by atoms with van der Waals surface area (Å²) >= 11 is 0. The van der Waals surface area contributed by atoms with Gasteiger partial charge in [-0.1, -0.05) is 6.07 Å². The van der Waals surface area contributed by atoms with Crippen LogP contribution in [0.3, 0.4) is 0 Å². The highest BCUT2D eigenvalue weighted by molar-refractivity contribution is 5.91. The van der Waals surface area contributed by atoms with E-state index in [4.69, 9.17) is 5.84 Å². The number of aromatic hydroxyl groups is 1. The molecule has 0 bridgehead atoms. The van der Waals surface area contributed by atoms with Gasteiger partial charge in [-0.3, -0.25) is 10.2 Å². The fourth-order valence-corrected chi connectivity index (χ4v) is 1.81. The topological polar surface area (TPSA) is 91.5 Å². The second-order valence-corrected chi connectivity index (χ2v) is 4.36. The molecule has 1 heterocycles. The third-order valence-corrected chi connectivity index (χ3v) is 2.86. The Balaban J connectivity index is 2.13. The molecule has 6 nitrogen and oxygen atoms in total. The Kier molecular flexibility index (Phi) is 4.17. The molecule has 2 aromatic rings. The Bertz CT molecular complexity index is 598. The number of nitrogen functional groups attached to an aromatic ring is 1. The molecule has 1 aromatic heterocycles. The number of hydrogen-bond acceptors (Lipinski definition) is 5. The molecule has 0 saturated heterocycles. The minimum atomic E-state index is -0.417. The fraction of sp³-hybridized carbons (Fsp3) is 0.143. The Morgan fingerprint density at radius 3 is 2.65 bits per heavy atom. The van der Waals surface area contributed by atoms with Crippen LogP contribution in [0.5, 0.6) is 5.75 Å². The molecule has 0 aliphatic rings. The van der Waals surface area contributed by atoms with E-state index < -0.39 is 5.91 Å². The van der Waals surface area contributed by atoms with Crippen LogP contribution in [0, 0.1) is 0 Å². The summed E-state index contributed by atoms with van der Waals surface area (Å²) in [6, 6.07) is 12.1. The summed E-state index contributed by atoms with van der Waals surface area (Å²) in [6.45, 7) is 0.538. The number of rotatable bonds is 4. The lowest BCUT2D eigenvalue weighted by molar-refractivity contribution is 0.0948. The number of nitrogens with one attached hydrogen (secondary N) is 1. The van der Waals surface area contributed by atoms with Crippen molar-refractivity contribution >= 4 is 11.6 Å². The number of phenolic OH excluding ortho intramolecular Hbond substituents is 1. The molecule has 0 aliphatic heterocycles. The maximum atomic E-state index is 11.4. The van der Waals surface area contributed by atoms with E-state index in [2.05, 4.69) is 10.4 Å². The molecule has 0 spiro atoms. The van der Waals surface area contributed by atoms with E-state index in [9.17, 15) is 9.90 Å². The van der Waals surface area contributed by atoms with Crippen molar-refractivity contribution in [3.8, 4) is 5.75 Å². The highest BCUT2D eigenvalue weighted by Gasteiger charge is 2.08. The van der Waals surface area contributed by atoms with E-state index in [-0.39, 0.29) is 11.4 Å². The first-order chi connectivity index (χ1) is 9.60. The van der Waals surface area contributed by atoms with Gasteiger partial charge in [-0.25, -0.2) is 10.8 Å². The number of phenols is 1. The van der Waals surface area contributed by atoms with Crippen molar-refractivity contribution in [3.63, 3.8) is 0 Å². The summed E-state index contributed by atoms with van der Waals surface area (Å²) in [7, 11) is 1.91. The van der Waals surface area contributed by atoms with Crippen molar-refractivity contribution in [2.75, 3.05) is 11.9 Å². The van der Waals surface area contributed by atoms with Gasteiger partial charge >= 0.3 is 0 Å². The van der Waals surface area contributed by atoms with Gasteiger partial charge in [0.25, 0.3) is 5.91 Å². The summed E-state index contributed by atoms with van der Waals surface area (Å²) < 4.78 is 0. The van der Waals surface area contributed by atoms with E-state index >= 15 is 0 Å². The maximum absolute atomic E-state index is 11.4. The molecule has 20 heavy (non-hydrogen) atoms. The third-order valence-electron chi connectivity index (χ3n) is 2.86. The molecule has 104 valence electrons. The summed E-state index contributed by atoms with van der Waals surface area (Å²) in [5.41, 5.74) is 4.03. The smallest absolute Gasteiger partial charge is 0.283 e. The molecular weight excluding hydrogens is 256 g/mol. The van der Waals surface area contributed by atoms with Crippen LogP contribution in [-0.2, 0) is 6.54 Å². The zero-order valence-corrected chi connectivity index (χ0v) is 11.1. The van der Waals surface area contributed by atoms with Gasteiger partial charge in [-0.15, -0.1) is 0 Å². The monoisotopic (exact) mass is 272 g/mol. The van der Waals surface area contributed by atoms with Crippen molar-refractivity contribution < 1.29 is 9.90 Å².